The first-order chi connectivity index (χ1) is 13.6. The molecule has 0 heterocycles. The van der Waals surface area contributed by atoms with Crippen LogP contribution >= 0.6 is 0 Å². The fraction of sp³-hybridized carbons (Fsp3) is 0.208. The third kappa shape index (κ3) is 5.88. The van der Waals surface area contributed by atoms with Crippen LogP contribution in [0.5, 0.6) is 5.75 Å². The van der Waals surface area contributed by atoms with Gasteiger partial charge >= 0.3 is 0 Å². The number of hydrogen-bond donors (Lipinski definition) is 2. The minimum Gasteiger partial charge on any atom is -0.494 e. The van der Waals surface area contributed by atoms with E-state index >= 15 is 0 Å². The molecule has 1 amide bonds. The lowest BCUT2D eigenvalue weighted by atomic mass is 10.1. The average Bonchev–Trinajstić information content (AvgIpc) is 2.70. The zero-order valence-corrected chi connectivity index (χ0v) is 16.3. The van der Waals surface area contributed by atoms with Crippen molar-refractivity contribution in [1.29, 1.82) is 0 Å². The Morgan fingerprint density at radius 1 is 0.821 bits per heavy atom. The van der Waals surface area contributed by atoms with Crippen LogP contribution in [0, 0.1) is 5.92 Å². The highest BCUT2D eigenvalue weighted by atomic mass is 16.5. The number of nitrogens with one attached hydrogen (secondary N) is 2. The molecule has 0 fully saturated rings. The second kappa shape index (κ2) is 9.60. The van der Waals surface area contributed by atoms with Crippen LogP contribution in [-0.2, 0) is 0 Å². The Labute approximate surface area is 166 Å². The molecule has 0 saturated heterocycles. The Balaban J connectivity index is 1.54. The molecule has 3 aromatic carbocycles. The maximum atomic E-state index is 12.4. The molecule has 0 saturated carbocycles. The second-order valence-corrected chi connectivity index (χ2v) is 7.08. The van der Waals surface area contributed by atoms with Crippen molar-refractivity contribution < 1.29 is 9.53 Å². The van der Waals surface area contributed by atoms with Crippen LogP contribution in [0.2, 0.25) is 0 Å². The van der Waals surface area contributed by atoms with Gasteiger partial charge in [0.25, 0.3) is 5.91 Å². The molecule has 3 rings (SSSR count). The lowest BCUT2D eigenvalue weighted by Crippen LogP contribution is -2.11. The molecule has 4 nitrogen and oxygen atoms in total. The maximum absolute atomic E-state index is 12.4. The minimum atomic E-state index is -0.141. The first-order valence-corrected chi connectivity index (χ1v) is 9.56. The number of para-hydroxylation sites is 1. The summed E-state index contributed by atoms with van der Waals surface area (Å²) in [6.07, 6.45) is 1.01. The predicted molar refractivity (Wildman–Crippen MR) is 116 cm³/mol. The Morgan fingerprint density at radius 2 is 1.43 bits per heavy atom. The van der Waals surface area contributed by atoms with E-state index in [4.69, 9.17) is 4.74 Å². The van der Waals surface area contributed by atoms with Crippen molar-refractivity contribution in [1.82, 2.24) is 0 Å². The SMILES string of the molecule is CC(C)CCOc1ccc(C(=O)Nc2ccc(Nc3ccccc3)cc2)cc1. The van der Waals surface area contributed by atoms with Crippen LogP contribution in [0.4, 0.5) is 17.1 Å². The van der Waals surface area contributed by atoms with E-state index in [-0.39, 0.29) is 5.91 Å². The molecule has 0 atom stereocenters. The molecule has 0 aromatic heterocycles. The number of ether oxygens (including phenoxy) is 1. The number of amides is 1. The summed E-state index contributed by atoms with van der Waals surface area (Å²) in [6.45, 7) is 5.02. The fourth-order valence-corrected chi connectivity index (χ4v) is 2.64. The number of benzene rings is 3. The highest BCUT2D eigenvalue weighted by Crippen LogP contribution is 2.20. The number of carbonyl (C=O) groups excluding carboxylic acids is 1. The summed E-state index contributed by atoms with van der Waals surface area (Å²) < 4.78 is 5.69. The van der Waals surface area contributed by atoms with E-state index in [1.165, 1.54) is 0 Å². The van der Waals surface area contributed by atoms with Crippen molar-refractivity contribution >= 4 is 23.0 Å². The zero-order chi connectivity index (χ0) is 19.8. The van der Waals surface area contributed by atoms with Gasteiger partial charge in [0.15, 0.2) is 0 Å². The molecule has 0 aliphatic heterocycles. The molecule has 4 heteroatoms. The van der Waals surface area contributed by atoms with Crippen LogP contribution in [0.15, 0.2) is 78.9 Å². The summed E-state index contributed by atoms with van der Waals surface area (Å²) in [5.74, 6) is 1.25. The lowest BCUT2D eigenvalue weighted by molar-refractivity contribution is 0.102. The molecule has 0 aliphatic rings. The summed E-state index contributed by atoms with van der Waals surface area (Å²) in [6, 6.07) is 24.8. The van der Waals surface area contributed by atoms with E-state index < -0.39 is 0 Å². The van der Waals surface area contributed by atoms with Crippen LogP contribution in [0.1, 0.15) is 30.6 Å². The van der Waals surface area contributed by atoms with Crippen molar-refractivity contribution in [2.75, 3.05) is 17.2 Å². The van der Waals surface area contributed by atoms with Gasteiger partial charge in [0.1, 0.15) is 5.75 Å². The van der Waals surface area contributed by atoms with Crippen LogP contribution in [0.25, 0.3) is 0 Å². The normalized spacial score (nSPS) is 10.5. The fourth-order valence-electron chi connectivity index (χ4n) is 2.64. The molecule has 0 unspecified atom stereocenters. The van der Waals surface area contributed by atoms with Gasteiger partial charge in [-0.05, 0) is 73.0 Å². The summed E-state index contributed by atoms with van der Waals surface area (Å²) in [5, 5.41) is 6.24. The van der Waals surface area contributed by atoms with E-state index in [2.05, 4.69) is 24.5 Å². The van der Waals surface area contributed by atoms with Gasteiger partial charge < -0.3 is 15.4 Å². The smallest absolute Gasteiger partial charge is 0.255 e. The summed E-state index contributed by atoms with van der Waals surface area (Å²) in [7, 11) is 0. The third-order valence-corrected chi connectivity index (χ3v) is 4.29. The molecule has 0 spiro atoms. The minimum absolute atomic E-state index is 0.141. The van der Waals surface area contributed by atoms with Crippen LogP contribution in [0.3, 0.4) is 0 Å². The van der Waals surface area contributed by atoms with Gasteiger partial charge in [-0.25, -0.2) is 0 Å². The first-order valence-electron chi connectivity index (χ1n) is 9.56. The summed E-state index contributed by atoms with van der Waals surface area (Å²) >= 11 is 0. The van der Waals surface area contributed by atoms with Gasteiger partial charge in [-0.2, -0.15) is 0 Å². The predicted octanol–water partition coefficient (Wildman–Crippen LogP) is 6.11. The van der Waals surface area contributed by atoms with E-state index in [1.54, 1.807) is 12.1 Å². The van der Waals surface area contributed by atoms with E-state index in [0.29, 0.717) is 18.1 Å². The van der Waals surface area contributed by atoms with Crippen molar-refractivity contribution in [3.63, 3.8) is 0 Å². The van der Waals surface area contributed by atoms with Gasteiger partial charge in [0.05, 0.1) is 6.61 Å². The Morgan fingerprint density at radius 3 is 2.07 bits per heavy atom. The summed E-state index contributed by atoms with van der Waals surface area (Å²) in [4.78, 5) is 12.4. The van der Waals surface area contributed by atoms with Gasteiger partial charge in [0.2, 0.25) is 0 Å². The molecule has 28 heavy (non-hydrogen) atoms. The van der Waals surface area contributed by atoms with Gasteiger partial charge in [-0.3, -0.25) is 4.79 Å². The second-order valence-electron chi connectivity index (χ2n) is 7.08. The topological polar surface area (TPSA) is 50.4 Å². The lowest BCUT2D eigenvalue weighted by Gasteiger charge is -2.10. The number of hydrogen-bond acceptors (Lipinski definition) is 3. The van der Waals surface area contributed by atoms with Gasteiger partial charge in [-0.1, -0.05) is 32.0 Å². The van der Waals surface area contributed by atoms with Gasteiger partial charge in [-0.15, -0.1) is 0 Å². The highest BCUT2D eigenvalue weighted by Gasteiger charge is 2.07. The molecule has 2 N–H and O–H groups in total. The Kier molecular flexibility index (Phi) is 6.68. The van der Waals surface area contributed by atoms with Crippen molar-refractivity contribution in [3.8, 4) is 5.75 Å². The van der Waals surface area contributed by atoms with Crippen molar-refractivity contribution in [3.05, 3.63) is 84.4 Å². The summed E-state index contributed by atoms with van der Waals surface area (Å²) in [5.41, 5.74) is 3.34. The average molecular weight is 374 g/mol. The number of carbonyl (C=O) groups is 1. The molecule has 0 aliphatic carbocycles. The van der Waals surface area contributed by atoms with Crippen molar-refractivity contribution in [2.45, 2.75) is 20.3 Å². The largest absolute Gasteiger partial charge is 0.494 e. The van der Waals surface area contributed by atoms with E-state index in [1.807, 2.05) is 66.7 Å². The van der Waals surface area contributed by atoms with Crippen LogP contribution < -0.4 is 15.4 Å². The molecule has 0 radical (unpaired) electrons. The number of rotatable bonds is 8. The Hall–Kier alpha value is -3.27. The van der Waals surface area contributed by atoms with Crippen molar-refractivity contribution in [2.24, 2.45) is 5.92 Å². The zero-order valence-electron chi connectivity index (χ0n) is 16.3. The molecule has 144 valence electrons. The van der Waals surface area contributed by atoms with E-state index in [0.717, 1.165) is 29.2 Å². The maximum Gasteiger partial charge on any atom is 0.255 e. The first kappa shape index (κ1) is 19.5. The molecule has 3 aromatic rings. The third-order valence-electron chi connectivity index (χ3n) is 4.29. The van der Waals surface area contributed by atoms with Crippen LogP contribution in [-0.4, -0.2) is 12.5 Å². The Bertz CT molecular complexity index is 873. The standard InChI is InChI=1S/C24H26N2O2/c1-18(2)16-17-28-23-14-8-19(9-15-23)24(27)26-22-12-10-21(11-13-22)25-20-6-4-3-5-7-20/h3-15,18,25H,16-17H2,1-2H3,(H,26,27). The molecular weight excluding hydrogens is 348 g/mol. The molecule has 0 bridgehead atoms. The monoisotopic (exact) mass is 374 g/mol. The quantitative estimate of drug-likeness (QED) is 0.500. The molecular formula is C24H26N2O2. The number of anilines is 3. The highest BCUT2D eigenvalue weighted by molar-refractivity contribution is 6.04. The van der Waals surface area contributed by atoms with Gasteiger partial charge in [0, 0.05) is 22.6 Å². The van der Waals surface area contributed by atoms with E-state index in [9.17, 15) is 4.79 Å².